The van der Waals surface area contributed by atoms with Gasteiger partial charge in [0.15, 0.2) is 5.13 Å². The number of aromatic nitrogens is 1. The minimum absolute atomic E-state index is 0.0699. The van der Waals surface area contributed by atoms with Gasteiger partial charge in [0.05, 0.1) is 41.6 Å². The molecule has 1 fully saturated rings. The summed E-state index contributed by atoms with van der Waals surface area (Å²) in [6.07, 6.45) is 0.849. The summed E-state index contributed by atoms with van der Waals surface area (Å²) in [7, 11) is 2.82. The van der Waals surface area contributed by atoms with Gasteiger partial charge in [-0.15, -0.1) is 0 Å². The van der Waals surface area contributed by atoms with Crippen LogP contribution in [0.2, 0.25) is 0 Å². The molecule has 1 amide bonds. The van der Waals surface area contributed by atoms with E-state index < -0.39 is 23.7 Å². The van der Waals surface area contributed by atoms with E-state index in [0.717, 1.165) is 16.7 Å². The van der Waals surface area contributed by atoms with Crippen LogP contribution in [0.1, 0.15) is 40.0 Å². The third-order valence-electron chi connectivity index (χ3n) is 6.51. The molecule has 3 aromatic carbocycles. The first-order valence-electron chi connectivity index (χ1n) is 11.9. The first-order chi connectivity index (χ1) is 18.4. The Balaban J connectivity index is 1.68. The van der Waals surface area contributed by atoms with Crippen molar-refractivity contribution in [2.24, 2.45) is 0 Å². The second-order valence-electron chi connectivity index (χ2n) is 8.66. The molecule has 192 valence electrons. The number of aliphatic hydroxyl groups is 1. The Morgan fingerprint density at radius 3 is 2.32 bits per heavy atom. The van der Waals surface area contributed by atoms with Crippen LogP contribution in [0, 0.1) is 0 Å². The van der Waals surface area contributed by atoms with E-state index in [0.29, 0.717) is 33.1 Å². The van der Waals surface area contributed by atoms with Crippen molar-refractivity contribution in [3.63, 3.8) is 0 Å². The molecule has 38 heavy (non-hydrogen) atoms. The number of hydrogen-bond acceptors (Lipinski definition) is 8. The average molecular weight is 529 g/mol. The fourth-order valence-electron chi connectivity index (χ4n) is 4.45. The van der Waals surface area contributed by atoms with Crippen LogP contribution in [0.3, 0.4) is 0 Å². The van der Waals surface area contributed by atoms with Crippen LogP contribution in [0.25, 0.3) is 16.0 Å². The quantitative estimate of drug-likeness (QED) is 0.157. The van der Waals surface area contributed by atoms with Gasteiger partial charge in [-0.3, -0.25) is 14.5 Å². The molecule has 1 N–H and O–H groups in total. The number of amides is 1. The van der Waals surface area contributed by atoms with Crippen LogP contribution >= 0.6 is 11.3 Å². The number of benzene rings is 3. The molecule has 0 unspecified atom stereocenters. The molecule has 1 saturated heterocycles. The van der Waals surface area contributed by atoms with Crippen LogP contribution in [-0.4, -0.2) is 42.0 Å². The molecule has 9 heteroatoms. The Labute approximate surface area is 222 Å². The number of rotatable bonds is 6. The number of ketones is 1. The molecule has 0 aliphatic carbocycles. The standard InChI is InChI=1S/C29H24N2O6S/c1-4-16-5-14-21-22(15-16)38-29(30-21)31-24(17-6-8-19(9-7-17)28(35)37-3)23(26(33)27(31)34)25(32)18-10-12-20(36-2)13-11-18/h5-15,24,32H,4H2,1-3H3/b25-23+/t24-/m1/s1. The van der Waals surface area contributed by atoms with Gasteiger partial charge in [0.1, 0.15) is 11.5 Å². The molecule has 1 aliphatic rings. The number of nitrogens with zero attached hydrogens (tertiary/aromatic N) is 2. The third-order valence-corrected chi connectivity index (χ3v) is 7.53. The number of esters is 1. The fraction of sp³-hybridized carbons (Fsp3) is 0.172. The predicted molar refractivity (Wildman–Crippen MR) is 145 cm³/mol. The zero-order chi connectivity index (χ0) is 27.0. The van der Waals surface area contributed by atoms with Crippen molar-refractivity contribution in [1.29, 1.82) is 0 Å². The second kappa shape index (κ2) is 10.1. The van der Waals surface area contributed by atoms with E-state index in [2.05, 4.69) is 11.9 Å². The van der Waals surface area contributed by atoms with Crippen molar-refractivity contribution in [2.45, 2.75) is 19.4 Å². The molecule has 0 spiro atoms. The van der Waals surface area contributed by atoms with Crippen LogP contribution in [-0.2, 0) is 20.7 Å². The molecule has 2 heterocycles. The summed E-state index contributed by atoms with van der Waals surface area (Å²) in [6, 6.07) is 17.9. The Kier molecular flexibility index (Phi) is 6.69. The zero-order valence-electron chi connectivity index (χ0n) is 20.9. The van der Waals surface area contributed by atoms with Crippen LogP contribution in [0.4, 0.5) is 5.13 Å². The third kappa shape index (κ3) is 4.31. The van der Waals surface area contributed by atoms with E-state index in [9.17, 15) is 19.5 Å². The fourth-order valence-corrected chi connectivity index (χ4v) is 5.50. The van der Waals surface area contributed by atoms with E-state index in [1.807, 2.05) is 18.2 Å². The number of carbonyl (C=O) groups excluding carboxylic acids is 3. The van der Waals surface area contributed by atoms with E-state index >= 15 is 0 Å². The summed E-state index contributed by atoms with van der Waals surface area (Å²) >= 11 is 1.30. The number of Topliss-reactive ketones (excluding diaryl/α,β-unsaturated/α-hetero) is 1. The Morgan fingerprint density at radius 1 is 1.00 bits per heavy atom. The zero-order valence-corrected chi connectivity index (χ0v) is 21.7. The van der Waals surface area contributed by atoms with E-state index in [1.165, 1.54) is 30.5 Å². The number of aryl methyl sites for hydroxylation is 1. The Hall–Kier alpha value is -4.50. The second-order valence-corrected chi connectivity index (χ2v) is 9.67. The number of aliphatic hydroxyl groups excluding tert-OH is 1. The largest absolute Gasteiger partial charge is 0.507 e. The minimum Gasteiger partial charge on any atom is -0.507 e. The van der Waals surface area contributed by atoms with Crippen molar-refractivity contribution in [1.82, 2.24) is 4.98 Å². The maximum absolute atomic E-state index is 13.5. The smallest absolute Gasteiger partial charge is 0.337 e. The van der Waals surface area contributed by atoms with Crippen LogP contribution in [0.15, 0.2) is 72.3 Å². The number of thiazole rings is 1. The van der Waals surface area contributed by atoms with Gasteiger partial charge in [0.2, 0.25) is 0 Å². The van der Waals surface area contributed by atoms with E-state index in [4.69, 9.17) is 9.47 Å². The van der Waals surface area contributed by atoms with Gasteiger partial charge in [-0.05, 0) is 66.1 Å². The molecule has 1 aromatic heterocycles. The molecule has 0 bridgehead atoms. The topological polar surface area (TPSA) is 106 Å². The van der Waals surface area contributed by atoms with E-state index in [-0.39, 0.29) is 11.3 Å². The van der Waals surface area contributed by atoms with Gasteiger partial charge in [-0.25, -0.2) is 9.78 Å². The lowest BCUT2D eigenvalue weighted by Gasteiger charge is -2.23. The van der Waals surface area contributed by atoms with Crippen molar-refractivity contribution in [3.8, 4) is 5.75 Å². The highest BCUT2D eigenvalue weighted by Gasteiger charge is 2.48. The summed E-state index contributed by atoms with van der Waals surface area (Å²) in [5.74, 6) is -1.87. The lowest BCUT2D eigenvalue weighted by atomic mass is 9.94. The number of methoxy groups -OCH3 is 2. The Morgan fingerprint density at radius 2 is 1.68 bits per heavy atom. The molecule has 4 aromatic rings. The van der Waals surface area contributed by atoms with Crippen molar-refractivity contribution >= 4 is 50.1 Å². The van der Waals surface area contributed by atoms with Crippen molar-refractivity contribution in [2.75, 3.05) is 19.1 Å². The summed E-state index contributed by atoms with van der Waals surface area (Å²) in [6.45, 7) is 2.05. The molecule has 0 radical (unpaired) electrons. The molecule has 8 nitrogen and oxygen atoms in total. The molecular formula is C29H24N2O6S. The SMILES string of the molecule is CCc1ccc2nc(N3C(=O)C(=O)/C(=C(/O)c4ccc(OC)cc4)[C@H]3c3ccc(C(=O)OC)cc3)sc2c1. The lowest BCUT2D eigenvalue weighted by Crippen LogP contribution is -2.29. The van der Waals surface area contributed by atoms with Crippen molar-refractivity contribution in [3.05, 3.63) is 94.6 Å². The monoisotopic (exact) mass is 528 g/mol. The molecule has 1 aliphatic heterocycles. The van der Waals surface area contributed by atoms with Crippen LogP contribution in [0.5, 0.6) is 5.75 Å². The summed E-state index contributed by atoms with van der Waals surface area (Å²) in [5, 5.41) is 11.6. The van der Waals surface area contributed by atoms with Crippen molar-refractivity contribution < 1.29 is 29.0 Å². The first-order valence-corrected chi connectivity index (χ1v) is 12.7. The average Bonchev–Trinajstić information content (AvgIpc) is 3.49. The molecule has 0 saturated carbocycles. The highest BCUT2D eigenvalue weighted by atomic mass is 32.1. The number of carbonyl (C=O) groups is 3. The Bertz CT molecular complexity index is 1590. The normalized spacial score (nSPS) is 16.7. The van der Waals surface area contributed by atoms with E-state index in [1.54, 1.807) is 48.5 Å². The first kappa shape index (κ1) is 25.2. The van der Waals surface area contributed by atoms with Gasteiger partial charge < -0.3 is 14.6 Å². The highest BCUT2D eigenvalue weighted by molar-refractivity contribution is 7.22. The number of hydrogen-bond donors (Lipinski definition) is 1. The number of ether oxygens (including phenoxy) is 2. The molecule has 1 atom stereocenters. The van der Waals surface area contributed by atoms with Gasteiger partial charge >= 0.3 is 11.9 Å². The summed E-state index contributed by atoms with van der Waals surface area (Å²) in [5.41, 5.74) is 2.97. The van der Waals surface area contributed by atoms with Crippen LogP contribution < -0.4 is 9.64 Å². The number of anilines is 1. The maximum atomic E-state index is 13.5. The summed E-state index contributed by atoms with van der Waals surface area (Å²) < 4.78 is 10.9. The minimum atomic E-state index is -0.963. The summed E-state index contributed by atoms with van der Waals surface area (Å²) in [4.78, 5) is 44.8. The lowest BCUT2D eigenvalue weighted by molar-refractivity contribution is -0.132. The predicted octanol–water partition coefficient (Wildman–Crippen LogP) is 5.28. The number of fused-ring (bicyclic) bond motifs is 1. The van der Waals surface area contributed by atoms with Gasteiger partial charge in [0.25, 0.3) is 5.78 Å². The van der Waals surface area contributed by atoms with Gasteiger partial charge in [-0.1, -0.05) is 36.5 Å². The van der Waals surface area contributed by atoms with Gasteiger partial charge in [-0.2, -0.15) is 0 Å². The highest BCUT2D eigenvalue weighted by Crippen LogP contribution is 2.44. The van der Waals surface area contributed by atoms with Gasteiger partial charge in [0, 0.05) is 5.56 Å². The molecule has 5 rings (SSSR count). The maximum Gasteiger partial charge on any atom is 0.337 e. The molecular weight excluding hydrogens is 504 g/mol.